The molecule has 4 rings (SSSR count). The molecule has 0 aromatic heterocycles. The van der Waals surface area contributed by atoms with E-state index in [1.165, 1.54) is 29.7 Å². The normalized spacial score (nSPS) is 17.6. The van der Waals surface area contributed by atoms with Gasteiger partial charge in [0.25, 0.3) is 0 Å². The summed E-state index contributed by atoms with van der Waals surface area (Å²) in [6.45, 7) is 4.53. The standard InChI is InChI=1S/C23H27N3O/c1-27-22-6-3-18(4-7-22)8-12-25-13-10-21(11-14-25)26-15-9-20-5-2-19(17-24)16-23(20)26/h2-7,16,21H,8-15H2,1H3. The number of methoxy groups -OCH3 is 1. The second-order valence-electron chi connectivity index (χ2n) is 7.57. The maximum Gasteiger partial charge on any atom is 0.118 e. The molecular weight excluding hydrogens is 334 g/mol. The fraction of sp³-hybridized carbons (Fsp3) is 0.435. The van der Waals surface area contributed by atoms with Crippen molar-refractivity contribution in [3.05, 3.63) is 59.2 Å². The molecule has 2 aliphatic heterocycles. The van der Waals surface area contributed by atoms with Crippen molar-refractivity contribution < 1.29 is 4.74 Å². The molecule has 4 heteroatoms. The number of likely N-dealkylation sites (tertiary alicyclic amines) is 1. The first kappa shape index (κ1) is 17.9. The van der Waals surface area contributed by atoms with Crippen LogP contribution in [0.1, 0.15) is 29.5 Å². The molecular formula is C23H27N3O. The number of hydrogen-bond donors (Lipinski definition) is 0. The second-order valence-corrected chi connectivity index (χ2v) is 7.57. The minimum Gasteiger partial charge on any atom is -0.497 e. The molecule has 0 saturated carbocycles. The van der Waals surface area contributed by atoms with Gasteiger partial charge in [0.15, 0.2) is 0 Å². The van der Waals surface area contributed by atoms with E-state index in [4.69, 9.17) is 4.74 Å². The Balaban J connectivity index is 1.30. The minimum absolute atomic E-state index is 0.609. The van der Waals surface area contributed by atoms with Crippen molar-refractivity contribution >= 4 is 5.69 Å². The first-order valence-corrected chi connectivity index (χ1v) is 9.92. The molecule has 0 bridgehead atoms. The van der Waals surface area contributed by atoms with Crippen LogP contribution in [0.4, 0.5) is 5.69 Å². The van der Waals surface area contributed by atoms with Crippen molar-refractivity contribution in [2.45, 2.75) is 31.7 Å². The third-order valence-corrected chi connectivity index (χ3v) is 6.02. The Morgan fingerprint density at radius 3 is 2.56 bits per heavy atom. The van der Waals surface area contributed by atoms with E-state index in [-0.39, 0.29) is 0 Å². The van der Waals surface area contributed by atoms with Crippen molar-refractivity contribution in [2.24, 2.45) is 0 Å². The molecule has 0 N–H and O–H groups in total. The summed E-state index contributed by atoms with van der Waals surface area (Å²) >= 11 is 0. The summed E-state index contributed by atoms with van der Waals surface area (Å²) in [4.78, 5) is 5.14. The van der Waals surface area contributed by atoms with Gasteiger partial charge in [-0.3, -0.25) is 0 Å². The third kappa shape index (κ3) is 3.94. The smallest absolute Gasteiger partial charge is 0.118 e. The summed E-state index contributed by atoms with van der Waals surface area (Å²) < 4.78 is 5.23. The highest BCUT2D eigenvalue weighted by Gasteiger charge is 2.29. The lowest BCUT2D eigenvalue weighted by Crippen LogP contribution is -2.45. The van der Waals surface area contributed by atoms with Crippen molar-refractivity contribution in [3.63, 3.8) is 0 Å². The quantitative estimate of drug-likeness (QED) is 0.815. The van der Waals surface area contributed by atoms with E-state index in [9.17, 15) is 5.26 Å². The first-order valence-electron chi connectivity index (χ1n) is 9.92. The van der Waals surface area contributed by atoms with Crippen LogP contribution in [-0.2, 0) is 12.8 Å². The summed E-state index contributed by atoms with van der Waals surface area (Å²) in [5.41, 5.74) is 4.84. The SMILES string of the molecule is COc1ccc(CCN2CCC(N3CCc4ccc(C#N)cc43)CC2)cc1. The molecule has 0 spiro atoms. The van der Waals surface area contributed by atoms with Gasteiger partial charge in [0, 0.05) is 37.9 Å². The monoisotopic (exact) mass is 361 g/mol. The van der Waals surface area contributed by atoms with Crippen LogP contribution < -0.4 is 9.64 Å². The Bertz CT molecular complexity index is 817. The summed E-state index contributed by atoms with van der Waals surface area (Å²) in [6.07, 6.45) is 4.61. The number of hydrogen-bond acceptors (Lipinski definition) is 4. The molecule has 4 nitrogen and oxygen atoms in total. The molecule has 27 heavy (non-hydrogen) atoms. The Morgan fingerprint density at radius 1 is 1.07 bits per heavy atom. The third-order valence-electron chi connectivity index (χ3n) is 6.02. The second kappa shape index (κ2) is 8.02. The first-order chi connectivity index (χ1) is 13.3. The molecule has 2 aromatic rings. The fourth-order valence-electron chi connectivity index (χ4n) is 4.39. The molecule has 1 fully saturated rings. The predicted molar refractivity (Wildman–Crippen MR) is 108 cm³/mol. The van der Waals surface area contributed by atoms with E-state index in [0.29, 0.717) is 6.04 Å². The summed E-state index contributed by atoms with van der Waals surface area (Å²) in [6, 6.07) is 17.5. The van der Waals surface area contributed by atoms with E-state index in [1.54, 1.807) is 7.11 Å². The van der Waals surface area contributed by atoms with Crippen molar-refractivity contribution in [2.75, 3.05) is 38.2 Å². The van der Waals surface area contributed by atoms with Gasteiger partial charge in [-0.15, -0.1) is 0 Å². The van der Waals surface area contributed by atoms with Crippen LogP contribution in [0.5, 0.6) is 5.75 Å². The average molecular weight is 361 g/mol. The largest absolute Gasteiger partial charge is 0.497 e. The zero-order valence-corrected chi connectivity index (χ0v) is 16.0. The van der Waals surface area contributed by atoms with Gasteiger partial charge >= 0.3 is 0 Å². The number of rotatable bonds is 5. The number of nitriles is 1. The number of piperidine rings is 1. The molecule has 140 valence electrons. The Kier molecular flexibility index (Phi) is 5.31. The van der Waals surface area contributed by atoms with Crippen LogP contribution >= 0.6 is 0 Å². The molecule has 2 aliphatic rings. The lowest BCUT2D eigenvalue weighted by atomic mass is 10.0. The zero-order chi connectivity index (χ0) is 18.6. The van der Waals surface area contributed by atoms with E-state index in [1.807, 2.05) is 18.2 Å². The molecule has 0 aliphatic carbocycles. The predicted octanol–water partition coefficient (Wildman–Crippen LogP) is 3.64. The number of benzene rings is 2. The number of anilines is 1. The van der Waals surface area contributed by atoms with Crippen LogP contribution in [0, 0.1) is 11.3 Å². The summed E-state index contributed by atoms with van der Waals surface area (Å²) in [7, 11) is 1.71. The summed E-state index contributed by atoms with van der Waals surface area (Å²) in [5, 5.41) is 9.20. The van der Waals surface area contributed by atoms with Gasteiger partial charge in [-0.25, -0.2) is 0 Å². The maximum atomic E-state index is 9.20. The Morgan fingerprint density at radius 2 is 1.85 bits per heavy atom. The van der Waals surface area contributed by atoms with E-state index in [2.05, 4.69) is 40.1 Å². The summed E-state index contributed by atoms with van der Waals surface area (Å²) in [5.74, 6) is 0.921. The van der Waals surface area contributed by atoms with Crippen LogP contribution in [-0.4, -0.2) is 44.2 Å². The number of ether oxygens (including phenoxy) is 1. The topological polar surface area (TPSA) is 39.5 Å². The van der Waals surface area contributed by atoms with Crippen LogP contribution in [0.2, 0.25) is 0 Å². The van der Waals surface area contributed by atoms with Crippen molar-refractivity contribution in [3.8, 4) is 11.8 Å². The highest BCUT2D eigenvalue weighted by Crippen LogP contribution is 2.33. The molecule has 0 amide bonds. The van der Waals surface area contributed by atoms with Gasteiger partial charge in [0.05, 0.1) is 18.7 Å². The minimum atomic E-state index is 0.609. The molecule has 0 radical (unpaired) electrons. The van der Waals surface area contributed by atoms with Gasteiger partial charge in [0.2, 0.25) is 0 Å². The van der Waals surface area contributed by atoms with Crippen LogP contribution in [0.25, 0.3) is 0 Å². The van der Waals surface area contributed by atoms with E-state index >= 15 is 0 Å². The van der Waals surface area contributed by atoms with E-state index in [0.717, 1.165) is 50.3 Å². The molecule has 2 aromatic carbocycles. The van der Waals surface area contributed by atoms with Crippen molar-refractivity contribution in [1.29, 1.82) is 5.26 Å². The molecule has 0 unspecified atom stereocenters. The molecule has 2 heterocycles. The van der Waals surface area contributed by atoms with Gasteiger partial charge in [-0.1, -0.05) is 18.2 Å². The highest BCUT2D eigenvalue weighted by molar-refractivity contribution is 5.62. The number of fused-ring (bicyclic) bond motifs is 1. The lowest BCUT2D eigenvalue weighted by Gasteiger charge is -2.38. The number of nitrogens with zero attached hydrogens (tertiary/aromatic N) is 3. The van der Waals surface area contributed by atoms with Gasteiger partial charge in [0.1, 0.15) is 5.75 Å². The molecule has 0 atom stereocenters. The molecule has 1 saturated heterocycles. The zero-order valence-electron chi connectivity index (χ0n) is 16.0. The van der Waals surface area contributed by atoms with Crippen molar-refractivity contribution in [1.82, 2.24) is 4.90 Å². The Hall–Kier alpha value is -2.51. The van der Waals surface area contributed by atoms with Crippen LogP contribution in [0.15, 0.2) is 42.5 Å². The highest BCUT2D eigenvalue weighted by atomic mass is 16.5. The van der Waals surface area contributed by atoms with Gasteiger partial charge in [-0.2, -0.15) is 5.26 Å². The fourth-order valence-corrected chi connectivity index (χ4v) is 4.39. The average Bonchev–Trinajstić information content (AvgIpc) is 3.16. The van der Waals surface area contributed by atoms with Gasteiger partial charge < -0.3 is 14.5 Å². The van der Waals surface area contributed by atoms with E-state index < -0.39 is 0 Å². The van der Waals surface area contributed by atoms with Gasteiger partial charge in [-0.05, 0) is 61.1 Å². The van der Waals surface area contributed by atoms with Crippen LogP contribution in [0.3, 0.4) is 0 Å². The maximum absolute atomic E-state index is 9.20. The Labute approximate surface area is 162 Å². The lowest BCUT2D eigenvalue weighted by molar-refractivity contribution is 0.212.